The van der Waals surface area contributed by atoms with E-state index < -0.39 is 11.2 Å². The third-order valence-electron chi connectivity index (χ3n) is 4.43. The largest absolute Gasteiger partial charge is 0.444 e. The van der Waals surface area contributed by atoms with Gasteiger partial charge in [0.05, 0.1) is 24.3 Å². The predicted molar refractivity (Wildman–Crippen MR) is 106 cm³/mol. The van der Waals surface area contributed by atoms with Crippen molar-refractivity contribution in [1.82, 2.24) is 10.6 Å². The van der Waals surface area contributed by atoms with Crippen LogP contribution in [-0.4, -0.2) is 61.9 Å². The van der Waals surface area contributed by atoms with Crippen molar-refractivity contribution in [3.8, 4) is 0 Å². The monoisotopic (exact) mass is 402 g/mol. The quantitative estimate of drug-likeness (QED) is 0.749. The van der Waals surface area contributed by atoms with Crippen LogP contribution in [0.4, 0.5) is 9.59 Å². The first-order valence-electron chi connectivity index (χ1n) is 9.89. The zero-order valence-electron chi connectivity index (χ0n) is 18.6. The van der Waals surface area contributed by atoms with Crippen LogP contribution in [0.3, 0.4) is 0 Å². The van der Waals surface area contributed by atoms with Crippen LogP contribution in [0.1, 0.15) is 67.2 Å². The van der Waals surface area contributed by atoms with Crippen LogP contribution < -0.4 is 10.6 Å². The maximum absolute atomic E-state index is 11.3. The predicted octanol–water partition coefficient (Wildman–Crippen LogP) is 3.38. The summed E-state index contributed by atoms with van der Waals surface area (Å²) in [4.78, 5) is 22.7. The van der Waals surface area contributed by atoms with E-state index in [1.54, 1.807) is 14.2 Å². The van der Waals surface area contributed by atoms with Gasteiger partial charge in [-0.15, -0.1) is 0 Å². The molecule has 2 aliphatic carbocycles. The molecule has 4 atom stereocenters. The number of nitrogens with one attached hydrogen (secondary N) is 2. The lowest BCUT2D eigenvalue weighted by molar-refractivity contribution is -0.00395. The molecule has 0 aliphatic heterocycles. The van der Waals surface area contributed by atoms with E-state index in [0.29, 0.717) is 0 Å². The zero-order chi connectivity index (χ0) is 21.5. The van der Waals surface area contributed by atoms with Crippen LogP contribution in [0.25, 0.3) is 0 Å². The minimum atomic E-state index is -0.434. The third-order valence-corrected chi connectivity index (χ3v) is 4.43. The Balaban J connectivity index is 0.000000280. The van der Waals surface area contributed by atoms with Crippen molar-refractivity contribution in [2.75, 3.05) is 14.2 Å². The number of alkyl carbamates (subject to hydrolysis) is 2. The van der Waals surface area contributed by atoms with Gasteiger partial charge in [-0.05, 0) is 67.2 Å². The summed E-state index contributed by atoms with van der Waals surface area (Å²) >= 11 is 0. The number of carbonyl (C=O) groups is 2. The van der Waals surface area contributed by atoms with E-state index in [1.165, 1.54) is 0 Å². The number of ether oxygens (including phenoxy) is 4. The summed E-state index contributed by atoms with van der Waals surface area (Å²) in [6, 6.07) is 0.240. The Labute approximate surface area is 169 Å². The summed E-state index contributed by atoms with van der Waals surface area (Å²) < 4.78 is 20.6. The number of hydrogen-bond acceptors (Lipinski definition) is 6. The first kappa shape index (κ1) is 24.5. The number of methoxy groups -OCH3 is 2. The first-order valence-corrected chi connectivity index (χ1v) is 9.89. The zero-order valence-corrected chi connectivity index (χ0v) is 18.6. The van der Waals surface area contributed by atoms with Gasteiger partial charge < -0.3 is 29.6 Å². The molecule has 0 aromatic carbocycles. The highest BCUT2D eigenvalue weighted by Gasteiger charge is 2.34. The summed E-state index contributed by atoms with van der Waals surface area (Å²) in [5.74, 6) is 0. The molecule has 8 nitrogen and oxygen atoms in total. The fourth-order valence-corrected chi connectivity index (χ4v) is 2.75. The number of rotatable bonds is 4. The minimum absolute atomic E-state index is 0.120. The molecule has 2 rings (SSSR count). The van der Waals surface area contributed by atoms with Gasteiger partial charge in [-0.1, -0.05) is 0 Å². The molecule has 0 aromatic rings. The SMILES string of the molecule is COC1CCC1NC(=O)OC(C)(C)C.CO[C@H]1CCC1NC(=O)OC(C)(C)C. The molecule has 0 radical (unpaired) electrons. The lowest BCUT2D eigenvalue weighted by Crippen LogP contribution is -2.52. The van der Waals surface area contributed by atoms with Crippen molar-refractivity contribution in [2.45, 2.75) is 103 Å². The molecular weight excluding hydrogens is 364 g/mol. The summed E-state index contributed by atoms with van der Waals surface area (Å²) in [7, 11) is 3.32. The fraction of sp³-hybridized carbons (Fsp3) is 0.900. The Bertz CT molecular complexity index is 462. The number of carbonyl (C=O) groups excluding carboxylic acids is 2. The second-order valence-electron chi connectivity index (χ2n) is 9.21. The molecule has 2 saturated carbocycles. The first-order chi connectivity index (χ1) is 12.8. The lowest BCUT2D eigenvalue weighted by atomic mass is 9.89. The van der Waals surface area contributed by atoms with Crippen molar-refractivity contribution in [3.63, 3.8) is 0 Å². The van der Waals surface area contributed by atoms with Crippen molar-refractivity contribution >= 4 is 12.2 Å². The van der Waals surface area contributed by atoms with E-state index in [0.717, 1.165) is 25.7 Å². The molecule has 164 valence electrons. The van der Waals surface area contributed by atoms with Crippen LogP contribution in [-0.2, 0) is 18.9 Å². The normalized spacial score (nSPS) is 26.6. The maximum Gasteiger partial charge on any atom is 0.407 e. The van der Waals surface area contributed by atoms with E-state index in [9.17, 15) is 9.59 Å². The maximum atomic E-state index is 11.3. The van der Waals surface area contributed by atoms with E-state index in [1.807, 2.05) is 41.5 Å². The molecule has 8 heteroatoms. The van der Waals surface area contributed by atoms with Gasteiger partial charge in [0.25, 0.3) is 0 Å². The summed E-state index contributed by atoms with van der Waals surface area (Å²) in [6.07, 6.45) is 3.56. The van der Waals surface area contributed by atoms with Crippen LogP contribution >= 0.6 is 0 Å². The molecule has 2 fully saturated rings. The highest BCUT2D eigenvalue weighted by Crippen LogP contribution is 2.23. The second kappa shape index (κ2) is 10.3. The molecule has 0 saturated heterocycles. The smallest absolute Gasteiger partial charge is 0.407 e. The molecule has 0 spiro atoms. The summed E-state index contributed by atoms with van der Waals surface area (Å²) in [5.41, 5.74) is -0.868. The number of hydrogen-bond donors (Lipinski definition) is 2. The standard InChI is InChI=1S/2C10H19NO3/c2*1-10(2,3)14-9(12)11-7-5-6-8(7)13-4/h2*7-8H,5-6H2,1-4H3,(H,11,12)/t7?,8-;/m0./s1. The number of amides is 2. The van der Waals surface area contributed by atoms with Crippen molar-refractivity contribution in [3.05, 3.63) is 0 Å². The van der Waals surface area contributed by atoms with Crippen LogP contribution in [0, 0.1) is 0 Å². The molecule has 0 heterocycles. The van der Waals surface area contributed by atoms with Crippen LogP contribution in [0.15, 0.2) is 0 Å². The fourth-order valence-electron chi connectivity index (χ4n) is 2.75. The van der Waals surface area contributed by atoms with Gasteiger partial charge in [0, 0.05) is 14.2 Å². The van der Waals surface area contributed by atoms with E-state index in [4.69, 9.17) is 18.9 Å². The third kappa shape index (κ3) is 9.10. The average molecular weight is 403 g/mol. The van der Waals surface area contributed by atoms with Crippen molar-refractivity contribution in [1.29, 1.82) is 0 Å². The Morgan fingerprint density at radius 1 is 0.679 bits per heavy atom. The molecule has 28 heavy (non-hydrogen) atoms. The van der Waals surface area contributed by atoms with Crippen molar-refractivity contribution in [2.24, 2.45) is 0 Å². The van der Waals surface area contributed by atoms with Crippen molar-refractivity contribution < 1.29 is 28.5 Å². The molecule has 0 aromatic heterocycles. The molecular formula is C20H38N2O6. The second-order valence-corrected chi connectivity index (χ2v) is 9.21. The highest BCUT2D eigenvalue weighted by molar-refractivity contribution is 5.68. The Morgan fingerprint density at radius 3 is 1.18 bits per heavy atom. The van der Waals surface area contributed by atoms with E-state index in [-0.39, 0.29) is 36.5 Å². The van der Waals surface area contributed by atoms with Gasteiger partial charge in [0.1, 0.15) is 11.2 Å². The Hall–Kier alpha value is -1.54. The molecule has 2 N–H and O–H groups in total. The van der Waals surface area contributed by atoms with Crippen LogP contribution in [0.5, 0.6) is 0 Å². The topological polar surface area (TPSA) is 95.1 Å². The molecule has 2 amide bonds. The minimum Gasteiger partial charge on any atom is -0.444 e. The van der Waals surface area contributed by atoms with Gasteiger partial charge in [-0.25, -0.2) is 9.59 Å². The Kier molecular flexibility index (Phi) is 9.01. The van der Waals surface area contributed by atoms with Gasteiger partial charge >= 0.3 is 12.2 Å². The lowest BCUT2D eigenvalue weighted by Gasteiger charge is -2.36. The van der Waals surface area contributed by atoms with Gasteiger partial charge in [-0.2, -0.15) is 0 Å². The highest BCUT2D eigenvalue weighted by atomic mass is 16.6. The Morgan fingerprint density at radius 2 is 1.00 bits per heavy atom. The average Bonchev–Trinajstić information content (AvgIpc) is 2.46. The van der Waals surface area contributed by atoms with Crippen LogP contribution in [0.2, 0.25) is 0 Å². The van der Waals surface area contributed by atoms with E-state index in [2.05, 4.69) is 10.6 Å². The molecule has 3 unspecified atom stereocenters. The summed E-state index contributed by atoms with van der Waals surface area (Å²) in [5, 5.41) is 5.58. The molecule has 0 bridgehead atoms. The van der Waals surface area contributed by atoms with Gasteiger partial charge in [0.15, 0.2) is 0 Å². The van der Waals surface area contributed by atoms with E-state index >= 15 is 0 Å². The summed E-state index contributed by atoms with van der Waals surface area (Å²) in [6.45, 7) is 11.1. The van der Waals surface area contributed by atoms with Gasteiger partial charge in [-0.3, -0.25) is 0 Å². The molecule has 2 aliphatic rings. The van der Waals surface area contributed by atoms with Gasteiger partial charge in [0.2, 0.25) is 0 Å².